The number of aliphatic hydroxyl groups excluding tert-OH is 1. The Morgan fingerprint density at radius 2 is 1.59 bits per heavy atom. The largest absolute Gasteiger partial charge is 0.493 e. The molecule has 0 atom stereocenters. The third-order valence-corrected chi connectivity index (χ3v) is 8.49. The van der Waals surface area contributed by atoms with Crippen LogP contribution in [0, 0.1) is 7.14 Å². The zero-order valence-corrected chi connectivity index (χ0v) is 28.0. The number of nitrogens with zero attached hydrogens (tertiary/aromatic N) is 3. The van der Waals surface area contributed by atoms with Crippen molar-refractivity contribution in [2.45, 2.75) is 6.61 Å². The van der Waals surface area contributed by atoms with Gasteiger partial charge in [-0.05, 0) is 129 Å². The summed E-state index contributed by atoms with van der Waals surface area (Å²) >= 11 is 4.36. The van der Waals surface area contributed by atoms with Crippen molar-refractivity contribution < 1.29 is 24.2 Å². The first-order chi connectivity index (χ1) is 22.2. The summed E-state index contributed by atoms with van der Waals surface area (Å²) in [5, 5.41) is 25.2. The molecule has 0 saturated carbocycles. The molecule has 46 heavy (non-hydrogen) atoms. The molecule has 2 aliphatic rings. The van der Waals surface area contributed by atoms with Crippen molar-refractivity contribution in [2.24, 2.45) is 4.99 Å². The van der Waals surface area contributed by atoms with Crippen LogP contribution >= 0.6 is 45.2 Å². The Hall–Kier alpha value is -4.74. The van der Waals surface area contributed by atoms with E-state index in [0.717, 1.165) is 23.3 Å². The molecule has 13 heteroatoms. The highest BCUT2D eigenvalue weighted by Gasteiger charge is 2.34. The molecule has 0 bridgehead atoms. The van der Waals surface area contributed by atoms with Crippen molar-refractivity contribution in [2.75, 3.05) is 5.01 Å². The Kier molecular flexibility index (Phi) is 9.05. The van der Waals surface area contributed by atoms with Crippen molar-refractivity contribution >= 4 is 80.9 Å². The van der Waals surface area contributed by atoms with Gasteiger partial charge in [0.25, 0.3) is 17.4 Å². The molecular weight excluding hydrogens is 816 g/mol. The molecular formula is C33H23I2N5O6. The second-order valence-corrected chi connectivity index (χ2v) is 12.5. The SMILES string of the molecule is O=C1NN(c2ccc(I)cc2)C(=O)C1=Cc1cocc1CO.O=c1[nH]n(-c2ccc(I)cc2)c(O)c1C=c1ccc2c(c1)C=CN=2. The summed E-state index contributed by atoms with van der Waals surface area (Å²) in [6, 6.07) is 20.4. The monoisotopic (exact) mass is 839 g/mol. The minimum atomic E-state index is -0.492. The van der Waals surface area contributed by atoms with Crippen LogP contribution in [0.4, 0.5) is 5.69 Å². The van der Waals surface area contributed by atoms with Crippen LogP contribution in [-0.4, -0.2) is 31.8 Å². The molecule has 0 spiro atoms. The minimum absolute atomic E-state index is 0.00495. The van der Waals surface area contributed by atoms with E-state index in [2.05, 4.69) is 60.7 Å². The Bertz CT molecular complexity index is 2210. The van der Waals surface area contributed by atoms with E-state index in [0.29, 0.717) is 22.5 Å². The maximum Gasteiger partial charge on any atom is 0.282 e. The van der Waals surface area contributed by atoms with Crippen LogP contribution in [0.2, 0.25) is 0 Å². The van der Waals surface area contributed by atoms with E-state index >= 15 is 0 Å². The lowest BCUT2D eigenvalue weighted by Crippen LogP contribution is -2.35. The van der Waals surface area contributed by atoms with Gasteiger partial charge in [-0.2, -0.15) is 0 Å². The van der Waals surface area contributed by atoms with E-state index in [4.69, 9.17) is 4.42 Å². The number of hydrogen-bond acceptors (Lipinski definition) is 7. The molecule has 0 unspecified atom stereocenters. The Morgan fingerprint density at radius 1 is 0.891 bits per heavy atom. The zero-order valence-electron chi connectivity index (χ0n) is 23.6. The van der Waals surface area contributed by atoms with Gasteiger partial charge in [0.2, 0.25) is 5.88 Å². The molecule has 4 heterocycles. The molecule has 1 fully saturated rings. The molecule has 4 N–H and O–H groups in total. The van der Waals surface area contributed by atoms with Crippen molar-refractivity contribution in [1.29, 1.82) is 0 Å². The van der Waals surface area contributed by atoms with Gasteiger partial charge in [-0.25, -0.2) is 9.69 Å². The van der Waals surface area contributed by atoms with E-state index in [1.807, 2.05) is 60.7 Å². The van der Waals surface area contributed by atoms with Gasteiger partial charge in [-0.1, -0.05) is 6.07 Å². The maximum atomic E-state index is 12.4. The number of halogens is 2. The predicted octanol–water partition coefficient (Wildman–Crippen LogP) is 3.75. The van der Waals surface area contributed by atoms with Crippen molar-refractivity contribution in [1.82, 2.24) is 15.2 Å². The van der Waals surface area contributed by atoms with Crippen molar-refractivity contribution in [3.8, 4) is 11.6 Å². The Labute approximate surface area is 288 Å². The van der Waals surface area contributed by atoms with Crippen LogP contribution in [0.15, 0.2) is 105 Å². The number of hydrazine groups is 1. The highest BCUT2D eigenvalue weighted by molar-refractivity contribution is 14.1. The number of aliphatic hydroxyl groups is 1. The van der Waals surface area contributed by atoms with Crippen LogP contribution in [0.5, 0.6) is 5.88 Å². The number of carbonyl (C=O) groups is 2. The number of aromatic hydroxyl groups is 1. The van der Waals surface area contributed by atoms with Gasteiger partial charge in [0.15, 0.2) is 0 Å². The van der Waals surface area contributed by atoms with Crippen molar-refractivity contribution in [3.63, 3.8) is 0 Å². The quantitative estimate of drug-likeness (QED) is 0.120. The summed E-state index contributed by atoms with van der Waals surface area (Å²) in [5.41, 5.74) is 5.70. The smallest absolute Gasteiger partial charge is 0.282 e. The third-order valence-electron chi connectivity index (χ3n) is 7.05. The molecule has 2 amide bonds. The summed E-state index contributed by atoms with van der Waals surface area (Å²) in [4.78, 5) is 40.9. The topological polar surface area (TPSA) is 153 Å². The molecule has 0 aliphatic carbocycles. The molecule has 11 nitrogen and oxygen atoms in total. The number of anilines is 1. The number of benzene rings is 3. The summed E-state index contributed by atoms with van der Waals surface area (Å²) in [7, 11) is 0. The summed E-state index contributed by atoms with van der Waals surface area (Å²) in [6.07, 6.45) is 9.50. The van der Waals surface area contributed by atoms with Gasteiger partial charge in [0.1, 0.15) is 11.1 Å². The predicted molar refractivity (Wildman–Crippen MR) is 188 cm³/mol. The zero-order chi connectivity index (χ0) is 32.4. The lowest BCUT2D eigenvalue weighted by molar-refractivity contribution is -0.117. The number of H-pyrrole nitrogens is 1. The van der Waals surface area contributed by atoms with Crippen LogP contribution < -0.4 is 26.6 Å². The molecule has 3 aromatic carbocycles. The molecule has 5 aromatic rings. The van der Waals surface area contributed by atoms with E-state index < -0.39 is 11.8 Å². The number of carbonyl (C=O) groups excluding carboxylic acids is 2. The average molecular weight is 839 g/mol. The number of aromatic amines is 1. The number of furan rings is 1. The summed E-state index contributed by atoms with van der Waals surface area (Å²) in [5.74, 6) is -1.05. The van der Waals surface area contributed by atoms with Crippen LogP contribution in [0.1, 0.15) is 22.3 Å². The van der Waals surface area contributed by atoms with Gasteiger partial charge < -0.3 is 14.6 Å². The molecule has 230 valence electrons. The minimum Gasteiger partial charge on any atom is -0.493 e. The van der Waals surface area contributed by atoms with Gasteiger partial charge in [0, 0.05) is 30.0 Å². The summed E-state index contributed by atoms with van der Waals surface area (Å²) in [6.45, 7) is -0.230. The lowest BCUT2D eigenvalue weighted by Gasteiger charge is -2.14. The molecule has 2 aromatic heterocycles. The first-order valence-electron chi connectivity index (χ1n) is 13.7. The van der Waals surface area contributed by atoms with Gasteiger partial charge in [-0.15, -0.1) is 0 Å². The maximum absolute atomic E-state index is 12.4. The standard InChI is InChI=1S/C18H12IN3O2.C15H11IN2O4/c19-13-2-4-14(5-3-13)22-18(24)15(17(23)21-22)10-11-1-6-16-12(9-11)7-8-20-16;16-11-1-3-12(4-2-11)18-15(21)13(14(20)17-18)5-9-7-22-8-10(9)6-19/h1-10,24H,(H,21,23);1-5,7-8,19H,6H2,(H,17,20). The fraction of sp³-hybridized carbons (Fsp3) is 0.0303. The normalized spacial score (nSPS) is 14.7. The fourth-order valence-corrected chi connectivity index (χ4v) is 5.41. The van der Waals surface area contributed by atoms with Gasteiger partial charge in [0.05, 0.1) is 35.9 Å². The third kappa shape index (κ3) is 6.47. The second-order valence-electron chi connectivity index (χ2n) is 10.0. The lowest BCUT2D eigenvalue weighted by atomic mass is 10.1. The van der Waals surface area contributed by atoms with Crippen molar-refractivity contribution in [3.05, 3.63) is 141 Å². The number of hydrogen-bond donors (Lipinski definition) is 4. The molecule has 7 rings (SSSR count). The van der Waals surface area contributed by atoms with Gasteiger partial charge >= 0.3 is 0 Å². The van der Waals surface area contributed by atoms with Crippen LogP contribution in [0.3, 0.4) is 0 Å². The molecule has 0 radical (unpaired) electrons. The summed E-state index contributed by atoms with van der Waals surface area (Å²) < 4.78 is 8.47. The number of rotatable bonds is 5. The van der Waals surface area contributed by atoms with Crippen LogP contribution in [-0.2, 0) is 16.2 Å². The first-order valence-corrected chi connectivity index (χ1v) is 15.8. The number of fused-ring (bicyclic) bond motifs is 1. The van der Waals surface area contributed by atoms with E-state index in [1.54, 1.807) is 24.4 Å². The highest BCUT2D eigenvalue weighted by atomic mass is 127. The first kappa shape index (κ1) is 31.3. The molecule has 2 aliphatic heterocycles. The van der Waals surface area contributed by atoms with E-state index in [-0.39, 0.29) is 29.2 Å². The second kappa shape index (κ2) is 13.3. The molecule has 1 saturated heterocycles. The number of amides is 2. The van der Waals surface area contributed by atoms with Gasteiger partial charge in [-0.3, -0.25) is 29.9 Å². The Balaban J connectivity index is 0.000000162. The number of aromatic nitrogens is 2. The highest BCUT2D eigenvalue weighted by Crippen LogP contribution is 2.24. The number of nitrogens with one attached hydrogen (secondary N) is 2. The average Bonchev–Trinajstić information content (AvgIpc) is 3.83. The fourth-order valence-electron chi connectivity index (χ4n) is 4.70. The van der Waals surface area contributed by atoms with E-state index in [9.17, 15) is 24.6 Å². The van der Waals surface area contributed by atoms with E-state index in [1.165, 1.54) is 28.3 Å². The van der Waals surface area contributed by atoms with Crippen LogP contribution in [0.25, 0.3) is 23.9 Å². The Morgan fingerprint density at radius 3 is 2.28 bits per heavy atom.